The third kappa shape index (κ3) is 7.40. The molecule has 0 saturated carbocycles. The van der Waals surface area contributed by atoms with E-state index in [0.29, 0.717) is 22.8 Å². The lowest BCUT2D eigenvalue weighted by molar-refractivity contribution is -0.142. The Hall–Kier alpha value is -5.47. The summed E-state index contributed by atoms with van der Waals surface area (Å²) in [6, 6.07) is 27.2. The van der Waals surface area contributed by atoms with Gasteiger partial charge >= 0.3 is 6.18 Å². The monoisotopic (exact) mass is 654 g/mol. The number of rotatable bonds is 8. The second kappa shape index (κ2) is 14.1. The Morgan fingerprint density at radius 1 is 0.875 bits per heavy atom. The van der Waals surface area contributed by atoms with Crippen LogP contribution in [-0.2, 0) is 17.4 Å². The minimum atomic E-state index is -4.83. The molecule has 1 fully saturated rings. The van der Waals surface area contributed by atoms with Crippen LogP contribution in [0.15, 0.2) is 97.1 Å². The van der Waals surface area contributed by atoms with Gasteiger partial charge in [-0.1, -0.05) is 54.6 Å². The Bertz CT molecular complexity index is 1850. The van der Waals surface area contributed by atoms with Gasteiger partial charge in [-0.25, -0.2) is 0 Å². The van der Waals surface area contributed by atoms with E-state index < -0.39 is 34.7 Å². The van der Waals surface area contributed by atoms with Gasteiger partial charge in [0.2, 0.25) is 0 Å². The summed E-state index contributed by atoms with van der Waals surface area (Å²) in [6.45, 7) is 0.529. The number of nitrogens with zero attached hydrogens (tertiary/aromatic N) is 2. The van der Waals surface area contributed by atoms with Gasteiger partial charge in [-0.3, -0.25) is 14.4 Å². The minimum Gasteiger partial charge on any atom is -0.379 e. The van der Waals surface area contributed by atoms with Crippen LogP contribution in [0.3, 0.4) is 0 Å². The van der Waals surface area contributed by atoms with Crippen LogP contribution in [0.25, 0.3) is 11.1 Å². The van der Waals surface area contributed by atoms with Crippen molar-refractivity contribution in [2.24, 2.45) is 5.92 Å². The molecule has 0 aliphatic carbocycles. The number of nitriles is 1. The Morgan fingerprint density at radius 3 is 2.19 bits per heavy atom. The van der Waals surface area contributed by atoms with Crippen molar-refractivity contribution in [2.75, 3.05) is 25.5 Å². The summed E-state index contributed by atoms with van der Waals surface area (Å²) >= 11 is 0. The van der Waals surface area contributed by atoms with E-state index in [4.69, 9.17) is 0 Å². The van der Waals surface area contributed by atoms with E-state index in [1.165, 1.54) is 12.1 Å². The number of carbonyl (C=O) groups is 3. The Kier molecular flexibility index (Phi) is 9.96. The molecule has 1 aliphatic rings. The molecule has 1 heterocycles. The molecule has 1 atom stereocenters. The van der Waals surface area contributed by atoms with Crippen LogP contribution in [0.2, 0.25) is 0 Å². The molecular formula is C37H33F3N4O4. The number of amides is 3. The van der Waals surface area contributed by atoms with Crippen molar-refractivity contribution < 1.29 is 32.7 Å². The molecule has 0 radical (unpaired) electrons. The van der Waals surface area contributed by atoms with Crippen LogP contribution in [0.1, 0.15) is 50.2 Å². The zero-order valence-electron chi connectivity index (χ0n) is 26.1. The van der Waals surface area contributed by atoms with Gasteiger partial charge in [0.25, 0.3) is 17.7 Å². The van der Waals surface area contributed by atoms with Crippen LogP contribution in [0.5, 0.6) is 0 Å². The number of hydrogen-bond acceptors (Lipinski definition) is 5. The van der Waals surface area contributed by atoms with Gasteiger partial charge in [0.05, 0.1) is 17.2 Å². The van der Waals surface area contributed by atoms with Crippen LogP contribution in [0, 0.1) is 17.2 Å². The molecule has 0 unspecified atom stereocenters. The lowest BCUT2D eigenvalue weighted by atomic mass is 9.75. The number of likely N-dealkylation sites (tertiary alicyclic amines) is 1. The number of halogens is 3. The van der Waals surface area contributed by atoms with Gasteiger partial charge in [-0.15, -0.1) is 0 Å². The summed E-state index contributed by atoms with van der Waals surface area (Å²) in [4.78, 5) is 40.7. The van der Waals surface area contributed by atoms with E-state index in [-0.39, 0.29) is 49.9 Å². The van der Waals surface area contributed by atoms with E-state index in [0.717, 1.165) is 17.2 Å². The topological polar surface area (TPSA) is 123 Å². The summed E-state index contributed by atoms with van der Waals surface area (Å²) in [5, 5.41) is 26.5. The molecule has 3 amide bonds. The fraction of sp³-hybridized carbons (Fsp3) is 0.243. The highest BCUT2D eigenvalue weighted by molar-refractivity contribution is 5.98. The second-order valence-electron chi connectivity index (χ2n) is 11.7. The number of benzene rings is 4. The quantitative estimate of drug-likeness (QED) is 0.213. The molecule has 0 bridgehead atoms. The standard InChI is InChI=1S/C37H33F3N4O4/c1-42-33(45)26-12-10-25(11-13-26)28-9-5-6-24(20-28)22-36(48,30-16-18-44(19-17-30)34(46)27-7-3-2-4-8-27)35(47)43-31-15-14-29(23-41)32(21-31)37(38,39)40/h2-15,20-21,30,48H,16-19,22H2,1H3,(H,42,45)(H,43,47)/t36-/m1/s1. The van der Waals surface area contributed by atoms with Crippen LogP contribution in [-0.4, -0.2) is 53.5 Å². The van der Waals surface area contributed by atoms with Crippen molar-refractivity contribution in [1.29, 1.82) is 5.26 Å². The average Bonchev–Trinajstić information content (AvgIpc) is 3.11. The number of alkyl halides is 3. The number of piperidine rings is 1. The maximum absolute atomic E-state index is 13.9. The van der Waals surface area contributed by atoms with Gasteiger partial charge in [-0.2, -0.15) is 18.4 Å². The zero-order chi connectivity index (χ0) is 34.5. The highest BCUT2D eigenvalue weighted by atomic mass is 19.4. The normalized spacial score (nSPS) is 14.8. The molecule has 5 rings (SSSR count). The van der Waals surface area contributed by atoms with Gasteiger partial charge in [0.15, 0.2) is 0 Å². The summed E-state index contributed by atoms with van der Waals surface area (Å²) in [7, 11) is 1.54. The predicted octanol–water partition coefficient (Wildman–Crippen LogP) is 6.07. The maximum Gasteiger partial charge on any atom is 0.417 e. The third-order valence-electron chi connectivity index (χ3n) is 8.68. The smallest absolute Gasteiger partial charge is 0.379 e. The first-order valence-electron chi connectivity index (χ1n) is 15.3. The van der Waals surface area contributed by atoms with Crippen molar-refractivity contribution in [1.82, 2.24) is 10.2 Å². The van der Waals surface area contributed by atoms with Crippen molar-refractivity contribution in [3.8, 4) is 17.2 Å². The van der Waals surface area contributed by atoms with E-state index in [1.807, 2.05) is 18.2 Å². The number of aliphatic hydroxyl groups is 1. The molecule has 1 saturated heterocycles. The van der Waals surface area contributed by atoms with Crippen molar-refractivity contribution >= 4 is 23.4 Å². The molecule has 1 aliphatic heterocycles. The van der Waals surface area contributed by atoms with Crippen LogP contribution < -0.4 is 10.6 Å². The molecule has 0 aromatic heterocycles. The fourth-order valence-electron chi connectivity index (χ4n) is 6.06. The van der Waals surface area contributed by atoms with Crippen molar-refractivity contribution in [3.63, 3.8) is 0 Å². The molecule has 4 aromatic carbocycles. The Morgan fingerprint density at radius 2 is 1.56 bits per heavy atom. The highest BCUT2D eigenvalue weighted by Crippen LogP contribution is 2.36. The second-order valence-corrected chi connectivity index (χ2v) is 11.7. The Labute approximate surface area is 275 Å². The zero-order valence-corrected chi connectivity index (χ0v) is 26.1. The molecule has 48 heavy (non-hydrogen) atoms. The summed E-state index contributed by atoms with van der Waals surface area (Å²) in [5.41, 5.74) is -0.921. The first-order chi connectivity index (χ1) is 22.9. The minimum absolute atomic E-state index is 0.164. The lowest BCUT2D eigenvalue weighted by Crippen LogP contribution is -2.54. The van der Waals surface area contributed by atoms with Crippen molar-refractivity contribution in [3.05, 3.63) is 125 Å². The first-order valence-corrected chi connectivity index (χ1v) is 15.3. The maximum atomic E-state index is 13.9. The van der Waals surface area contributed by atoms with Gasteiger partial charge in [0, 0.05) is 49.3 Å². The first kappa shape index (κ1) is 33.9. The van der Waals surface area contributed by atoms with Gasteiger partial charge < -0.3 is 20.6 Å². The number of hydrogen-bond donors (Lipinski definition) is 3. The predicted molar refractivity (Wildman–Crippen MR) is 174 cm³/mol. The van der Waals surface area contributed by atoms with E-state index >= 15 is 0 Å². The summed E-state index contributed by atoms with van der Waals surface area (Å²) in [5.74, 6) is -1.94. The molecule has 0 spiro atoms. The highest BCUT2D eigenvalue weighted by Gasteiger charge is 2.46. The van der Waals surface area contributed by atoms with E-state index in [2.05, 4.69) is 10.6 Å². The number of nitrogens with one attached hydrogen (secondary N) is 2. The fourth-order valence-corrected chi connectivity index (χ4v) is 6.06. The average molecular weight is 655 g/mol. The summed E-state index contributed by atoms with van der Waals surface area (Å²) < 4.78 is 41.0. The molecule has 8 nitrogen and oxygen atoms in total. The molecule has 4 aromatic rings. The largest absolute Gasteiger partial charge is 0.417 e. The molecular weight excluding hydrogens is 621 g/mol. The summed E-state index contributed by atoms with van der Waals surface area (Å²) in [6.07, 6.45) is -4.46. The van der Waals surface area contributed by atoms with Crippen LogP contribution >= 0.6 is 0 Å². The lowest BCUT2D eigenvalue weighted by Gasteiger charge is -2.40. The van der Waals surface area contributed by atoms with Crippen LogP contribution in [0.4, 0.5) is 18.9 Å². The van der Waals surface area contributed by atoms with Gasteiger partial charge in [0.1, 0.15) is 5.60 Å². The van der Waals surface area contributed by atoms with E-state index in [9.17, 15) is 37.9 Å². The molecule has 3 N–H and O–H groups in total. The molecule has 246 valence electrons. The molecule has 11 heteroatoms. The number of anilines is 1. The van der Waals surface area contributed by atoms with Gasteiger partial charge in [-0.05, 0) is 72.0 Å². The van der Waals surface area contributed by atoms with Crippen molar-refractivity contribution in [2.45, 2.75) is 31.0 Å². The SMILES string of the molecule is CNC(=O)c1ccc(-c2cccc(C[C@](O)(C(=O)Nc3ccc(C#N)c(C(F)(F)F)c3)C3CCN(C(=O)c4ccccc4)CC3)c2)cc1. The van der Waals surface area contributed by atoms with E-state index in [1.54, 1.807) is 72.6 Å². The number of carbonyl (C=O) groups excluding carboxylic acids is 3. The Balaban J connectivity index is 1.43. The third-order valence-corrected chi connectivity index (χ3v) is 8.68.